The Morgan fingerprint density at radius 2 is 2.26 bits per heavy atom. The van der Waals surface area contributed by atoms with Gasteiger partial charge in [0.25, 0.3) is 10.0 Å². The minimum absolute atomic E-state index is 0.0201. The van der Waals surface area contributed by atoms with Crippen molar-refractivity contribution in [1.82, 2.24) is 19.3 Å². The van der Waals surface area contributed by atoms with Gasteiger partial charge in [0, 0.05) is 19.4 Å². The van der Waals surface area contributed by atoms with E-state index in [0.29, 0.717) is 5.82 Å². The molecule has 2 aromatic heterocycles. The minimum Gasteiger partial charge on any atom is -0.476 e. The Kier molecular flexibility index (Phi) is 3.64. The van der Waals surface area contributed by atoms with Crippen LogP contribution >= 0.6 is 11.3 Å². The molecule has 10 heteroatoms. The minimum atomic E-state index is -3.90. The van der Waals surface area contributed by atoms with Crippen LogP contribution in [0.2, 0.25) is 0 Å². The summed E-state index contributed by atoms with van der Waals surface area (Å²) in [6.07, 6.45) is 3.08. The number of carboxylic acid groups (broad SMARTS) is 1. The summed E-state index contributed by atoms with van der Waals surface area (Å²) < 4.78 is 25.2. The number of sulfonamides is 1. The van der Waals surface area contributed by atoms with E-state index in [2.05, 4.69) is 15.0 Å². The Morgan fingerprint density at radius 3 is 2.84 bits per heavy atom. The summed E-state index contributed by atoms with van der Waals surface area (Å²) in [4.78, 5) is 21.2. The van der Waals surface area contributed by atoms with E-state index < -0.39 is 21.7 Å². The van der Waals surface area contributed by atoms with Crippen LogP contribution in [0.5, 0.6) is 0 Å². The van der Waals surface area contributed by atoms with Crippen molar-refractivity contribution in [1.29, 1.82) is 0 Å². The first kappa shape index (κ1) is 13.6. The monoisotopic (exact) mass is 302 g/mol. The van der Waals surface area contributed by atoms with E-state index in [1.54, 1.807) is 6.20 Å². The molecule has 0 spiro atoms. The topological polar surface area (TPSA) is 116 Å². The average Bonchev–Trinajstić information content (AvgIpc) is 2.98. The van der Waals surface area contributed by atoms with Crippen LogP contribution in [-0.2, 0) is 16.6 Å². The fourth-order valence-corrected chi connectivity index (χ4v) is 3.85. The maximum Gasteiger partial charge on any atom is 0.356 e. The van der Waals surface area contributed by atoms with Gasteiger partial charge in [-0.25, -0.2) is 23.2 Å². The summed E-state index contributed by atoms with van der Waals surface area (Å²) in [5, 5.41) is 8.90. The van der Waals surface area contributed by atoms with Crippen LogP contribution in [0.25, 0.3) is 0 Å². The molecule has 0 aliphatic rings. The van der Waals surface area contributed by atoms with Gasteiger partial charge in [-0.15, -0.1) is 11.3 Å². The van der Waals surface area contributed by atoms with Crippen molar-refractivity contribution < 1.29 is 18.3 Å². The van der Waals surface area contributed by atoms with Crippen molar-refractivity contribution in [2.75, 3.05) is 7.05 Å². The number of hydrogen-bond acceptors (Lipinski definition) is 6. The summed E-state index contributed by atoms with van der Waals surface area (Å²) >= 11 is 0.774. The molecule has 0 saturated carbocycles. The van der Waals surface area contributed by atoms with Gasteiger partial charge >= 0.3 is 5.97 Å². The molecule has 0 radical (unpaired) electrons. The zero-order valence-corrected chi connectivity index (χ0v) is 11.4. The van der Waals surface area contributed by atoms with Gasteiger partial charge in [0.1, 0.15) is 5.82 Å². The van der Waals surface area contributed by atoms with Crippen molar-refractivity contribution in [2.24, 2.45) is 0 Å². The summed E-state index contributed by atoms with van der Waals surface area (Å²) in [6, 6.07) is 0. The second-order valence-electron chi connectivity index (χ2n) is 3.59. The molecule has 0 bridgehead atoms. The Morgan fingerprint density at radius 1 is 1.53 bits per heavy atom. The summed E-state index contributed by atoms with van der Waals surface area (Å²) in [5.41, 5.74) is 0.730. The number of hydrogen-bond donors (Lipinski definition) is 2. The molecule has 19 heavy (non-hydrogen) atoms. The average molecular weight is 302 g/mol. The van der Waals surface area contributed by atoms with E-state index in [-0.39, 0.29) is 10.8 Å². The number of aromatic nitrogens is 3. The van der Waals surface area contributed by atoms with Gasteiger partial charge in [-0.1, -0.05) is 0 Å². The van der Waals surface area contributed by atoms with Gasteiger partial charge in [-0.2, -0.15) is 4.31 Å². The third-order valence-electron chi connectivity index (χ3n) is 2.31. The van der Waals surface area contributed by atoms with Crippen LogP contribution < -0.4 is 0 Å². The summed E-state index contributed by atoms with van der Waals surface area (Å²) in [7, 11) is -2.55. The van der Waals surface area contributed by atoms with Crippen LogP contribution in [0.15, 0.2) is 22.1 Å². The van der Waals surface area contributed by atoms with Crippen LogP contribution in [0.4, 0.5) is 0 Å². The molecule has 0 fully saturated rings. The van der Waals surface area contributed by atoms with Crippen molar-refractivity contribution >= 4 is 27.3 Å². The van der Waals surface area contributed by atoms with Gasteiger partial charge in [0.15, 0.2) is 9.90 Å². The Bertz CT molecular complexity index is 677. The van der Waals surface area contributed by atoms with Gasteiger partial charge in [0.05, 0.1) is 12.1 Å². The molecule has 2 N–H and O–H groups in total. The molecule has 0 amide bonds. The zero-order valence-electron chi connectivity index (χ0n) is 9.77. The third-order valence-corrected chi connectivity index (χ3v) is 5.46. The number of nitrogens with one attached hydrogen (secondary N) is 1. The van der Waals surface area contributed by atoms with Gasteiger partial charge in [-0.3, -0.25) is 0 Å². The number of carboxylic acids is 1. The lowest BCUT2D eigenvalue weighted by atomic mass is 10.5. The lowest BCUT2D eigenvalue weighted by molar-refractivity contribution is 0.0687. The van der Waals surface area contributed by atoms with Crippen molar-refractivity contribution in [3.8, 4) is 0 Å². The van der Waals surface area contributed by atoms with Crippen molar-refractivity contribution in [3.05, 3.63) is 29.4 Å². The molecule has 0 aromatic carbocycles. The third kappa shape index (κ3) is 2.64. The molecule has 0 aliphatic heterocycles. The second-order valence-corrected chi connectivity index (χ2v) is 6.69. The maximum absolute atomic E-state index is 12.2. The Hall–Kier alpha value is -1.78. The van der Waals surface area contributed by atoms with Crippen molar-refractivity contribution in [3.63, 3.8) is 0 Å². The normalized spacial score (nSPS) is 11.9. The second kappa shape index (κ2) is 5.07. The van der Waals surface area contributed by atoms with Crippen LogP contribution in [0.3, 0.4) is 0 Å². The van der Waals surface area contributed by atoms with E-state index >= 15 is 0 Å². The molecule has 2 heterocycles. The van der Waals surface area contributed by atoms with Crippen LogP contribution in [0.1, 0.15) is 16.3 Å². The Labute approximate surface area is 112 Å². The SMILES string of the molecule is CN(Cc1ncc[nH]1)S(=O)(=O)c1scnc1C(=O)O. The molecule has 2 aromatic rings. The predicted molar refractivity (Wildman–Crippen MR) is 66.3 cm³/mol. The highest BCUT2D eigenvalue weighted by Crippen LogP contribution is 2.24. The maximum atomic E-state index is 12.2. The lowest BCUT2D eigenvalue weighted by Gasteiger charge is -2.14. The van der Waals surface area contributed by atoms with E-state index in [0.717, 1.165) is 15.6 Å². The van der Waals surface area contributed by atoms with Gasteiger partial charge < -0.3 is 10.1 Å². The van der Waals surface area contributed by atoms with Crippen LogP contribution in [0, 0.1) is 0 Å². The highest BCUT2D eigenvalue weighted by atomic mass is 32.2. The first-order chi connectivity index (χ1) is 8.93. The molecule has 0 saturated heterocycles. The predicted octanol–water partition coefficient (Wildman–Crippen LogP) is 0.385. The van der Waals surface area contributed by atoms with Crippen LogP contribution in [-0.4, -0.2) is 45.8 Å². The highest BCUT2D eigenvalue weighted by molar-refractivity contribution is 7.91. The number of carbonyl (C=O) groups is 1. The number of aromatic amines is 1. The quantitative estimate of drug-likeness (QED) is 0.825. The van der Waals surface area contributed by atoms with Crippen molar-refractivity contribution in [2.45, 2.75) is 10.8 Å². The first-order valence-corrected chi connectivity index (χ1v) is 7.36. The molecular weight excluding hydrogens is 292 g/mol. The number of rotatable bonds is 5. The fourth-order valence-electron chi connectivity index (χ4n) is 1.38. The van der Waals surface area contributed by atoms with Gasteiger partial charge in [0.2, 0.25) is 0 Å². The molecule has 2 rings (SSSR count). The number of nitrogens with zero attached hydrogens (tertiary/aromatic N) is 3. The standard InChI is InChI=1S/C9H10N4O4S2/c1-13(4-6-10-2-3-11-6)19(16,17)9-7(8(14)15)12-5-18-9/h2-3,5H,4H2,1H3,(H,10,11)(H,14,15). The van der Waals surface area contributed by atoms with E-state index in [1.807, 2.05) is 0 Å². The number of H-pyrrole nitrogens is 1. The molecular formula is C9H10N4O4S2. The smallest absolute Gasteiger partial charge is 0.356 e. The fraction of sp³-hybridized carbons (Fsp3) is 0.222. The molecule has 102 valence electrons. The largest absolute Gasteiger partial charge is 0.476 e. The molecule has 0 atom stereocenters. The number of imidazole rings is 1. The number of thiazole rings is 1. The van der Waals surface area contributed by atoms with Gasteiger partial charge in [-0.05, 0) is 0 Å². The number of aromatic carboxylic acids is 1. The summed E-state index contributed by atoms with van der Waals surface area (Å²) in [5.74, 6) is -0.904. The molecule has 0 aliphatic carbocycles. The van der Waals surface area contributed by atoms with E-state index in [1.165, 1.54) is 18.8 Å². The highest BCUT2D eigenvalue weighted by Gasteiger charge is 2.29. The molecule has 0 unspecified atom stereocenters. The van der Waals surface area contributed by atoms with E-state index in [9.17, 15) is 13.2 Å². The summed E-state index contributed by atoms with van der Waals surface area (Å²) in [6.45, 7) is 0.0201. The van der Waals surface area contributed by atoms with E-state index in [4.69, 9.17) is 5.11 Å². The zero-order chi connectivity index (χ0) is 14.0. The molecule has 8 nitrogen and oxygen atoms in total. The lowest BCUT2D eigenvalue weighted by Crippen LogP contribution is -2.27. The first-order valence-electron chi connectivity index (χ1n) is 5.04. The Balaban J connectivity index is 2.31.